The summed E-state index contributed by atoms with van der Waals surface area (Å²) in [6.07, 6.45) is 2.94. The SMILES string of the molecule is CC(=O)[C@@H](Cc1ccccc1)NC(=O)COC(=O)c1c2c(nc3ccccc13)CCC2. The van der Waals surface area contributed by atoms with Gasteiger partial charge in [-0.2, -0.15) is 0 Å². The van der Waals surface area contributed by atoms with Crippen molar-refractivity contribution in [3.63, 3.8) is 0 Å². The first-order valence-corrected chi connectivity index (χ1v) is 10.4. The average molecular weight is 416 g/mol. The lowest BCUT2D eigenvalue weighted by Gasteiger charge is -2.16. The van der Waals surface area contributed by atoms with Gasteiger partial charge in [0.25, 0.3) is 5.91 Å². The van der Waals surface area contributed by atoms with E-state index < -0.39 is 24.5 Å². The first-order valence-electron chi connectivity index (χ1n) is 10.4. The molecule has 0 saturated heterocycles. The second kappa shape index (κ2) is 9.08. The van der Waals surface area contributed by atoms with Gasteiger partial charge in [0.15, 0.2) is 12.4 Å². The van der Waals surface area contributed by atoms with E-state index in [0.717, 1.165) is 47.0 Å². The van der Waals surface area contributed by atoms with Crippen LogP contribution in [0, 0.1) is 0 Å². The van der Waals surface area contributed by atoms with E-state index in [2.05, 4.69) is 10.3 Å². The van der Waals surface area contributed by atoms with Crippen LogP contribution in [0.15, 0.2) is 54.6 Å². The Morgan fingerprint density at radius 1 is 1.03 bits per heavy atom. The third-order valence-electron chi connectivity index (χ3n) is 5.57. The average Bonchev–Trinajstić information content (AvgIpc) is 3.24. The summed E-state index contributed by atoms with van der Waals surface area (Å²) in [5.74, 6) is -1.18. The van der Waals surface area contributed by atoms with Gasteiger partial charge in [-0.25, -0.2) is 4.79 Å². The number of para-hydroxylation sites is 1. The van der Waals surface area contributed by atoms with Crippen molar-refractivity contribution in [3.8, 4) is 0 Å². The summed E-state index contributed by atoms with van der Waals surface area (Å²) in [6.45, 7) is 0.995. The van der Waals surface area contributed by atoms with Gasteiger partial charge in [0.05, 0.1) is 17.1 Å². The van der Waals surface area contributed by atoms with Crippen molar-refractivity contribution in [1.29, 1.82) is 0 Å². The number of carbonyl (C=O) groups excluding carboxylic acids is 3. The topological polar surface area (TPSA) is 85.4 Å². The van der Waals surface area contributed by atoms with E-state index in [1.807, 2.05) is 54.6 Å². The van der Waals surface area contributed by atoms with E-state index in [4.69, 9.17) is 4.74 Å². The Labute approximate surface area is 180 Å². The summed E-state index contributed by atoms with van der Waals surface area (Å²) in [5.41, 5.74) is 4.03. The third-order valence-corrected chi connectivity index (χ3v) is 5.57. The van der Waals surface area contributed by atoms with Gasteiger partial charge < -0.3 is 10.1 Å². The fraction of sp³-hybridized carbons (Fsp3) is 0.280. The predicted octanol–water partition coefficient (Wildman–Crippen LogP) is 3.20. The van der Waals surface area contributed by atoms with Crippen LogP contribution in [0.4, 0.5) is 0 Å². The molecule has 6 heteroatoms. The van der Waals surface area contributed by atoms with Crippen molar-refractivity contribution in [3.05, 3.63) is 77.0 Å². The first kappa shape index (κ1) is 20.7. The zero-order chi connectivity index (χ0) is 21.8. The van der Waals surface area contributed by atoms with E-state index in [-0.39, 0.29) is 5.78 Å². The van der Waals surface area contributed by atoms with Crippen LogP contribution in [0.3, 0.4) is 0 Å². The summed E-state index contributed by atoms with van der Waals surface area (Å²) >= 11 is 0. The number of ketones is 1. The molecule has 1 heterocycles. The molecule has 1 atom stereocenters. The Morgan fingerprint density at radius 2 is 1.77 bits per heavy atom. The van der Waals surface area contributed by atoms with Crippen LogP contribution in [0.1, 0.15) is 40.5 Å². The summed E-state index contributed by atoms with van der Waals surface area (Å²) in [7, 11) is 0. The second-order valence-electron chi connectivity index (χ2n) is 7.78. The highest BCUT2D eigenvalue weighted by Crippen LogP contribution is 2.30. The fourth-order valence-corrected chi connectivity index (χ4v) is 4.03. The van der Waals surface area contributed by atoms with Crippen molar-refractivity contribution in [2.75, 3.05) is 6.61 Å². The van der Waals surface area contributed by atoms with Crippen LogP contribution >= 0.6 is 0 Å². The Hall–Kier alpha value is -3.54. The Morgan fingerprint density at radius 3 is 2.55 bits per heavy atom. The zero-order valence-corrected chi connectivity index (χ0v) is 17.4. The standard InChI is InChI=1S/C25H24N2O4/c1-16(28)22(14-17-8-3-2-4-9-17)27-23(29)15-31-25(30)24-18-10-5-6-12-20(18)26-21-13-7-11-19(21)24/h2-6,8-10,12,22H,7,11,13-15H2,1H3,(H,27,29)/t22-/m1/s1. The monoisotopic (exact) mass is 416 g/mol. The molecule has 31 heavy (non-hydrogen) atoms. The number of fused-ring (bicyclic) bond motifs is 2. The molecule has 0 fully saturated rings. The minimum atomic E-state index is -0.667. The number of aryl methyl sites for hydroxylation is 1. The summed E-state index contributed by atoms with van der Waals surface area (Å²) in [4.78, 5) is 42.0. The lowest BCUT2D eigenvalue weighted by atomic mass is 10.0. The number of nitrogens with one attached hydrogen (secondary N) is 1. The minimum Gasteiger partial charge on any atom is -0.452 e. The predicted molar refractivity (Wildman–Crippen MR) is 117 cm³/mol. The number of ether oxygens (including phenoxy) is 1. The van der Waals surface area contributed by atoms with Crippen molar-refractivity contribution in [1.82, 2.24) is 10.3 Å². The Balaban J connectivity index is 1.45. The number of hydrogen-bond donors (Lipinski definition) is 1. The molecule has 0 radical (unpaired) electrons. The largest absolute Gasteiger partial charge is 0.452 e. The highest BCUT2D eigenvalue weighted by atomic mass is 16.5. The number of amides is 1. The van der Waals surface area contributed by atoms with Gasteiger partial charge >= 0.3 is 5.97 Å². The van der Waals surface area contributed by atoms with Gasteiger partial charge in [0.2, 0.25) is 0 Å². The molecule has 1 aliphatic rings. The van der Waals surface area contributed by atoms with Crippen LogP contribution in [0.25, 0.3) is 10.9 Å². The van der Waals surface area contributed by atoms with Gasteiger partial charge in [-0.05, 0) is 49.8 Å². The highest BCUT2D eigenvalue weighted by Gasteiger charge is 2.25. The van der Waals surface area contributed by atoms with Crippen molar-refractivity contribution in [2.24, 2.45) is 0 Å². The molecule has 1 aromatic heterocycles. The molecule has 0 spiro atoms. The Kier molecular flexibility index (Phi) is 6.07. The van der Waals surface area contributed by atoms with Crippen molar-refractivity contribution in [2.45, 2.75) is 38.6 Å². The van der Waals surface area contributed by atoms with E-state index in [1.165, 1.54) is 6.92 Å². The lowest BCUT2D eigenvalue weighted by molar-refractivity contribution is -0.128. The zero-order valence-electron chi connectivity index (χ0n) is 17.4. The van der Waals surface area contributed by atoms with Crippen LogP contribution in [-0.4, -0.2) is 35.3 Å². The number of Topliss-reactive ketones (excluding diaryl/α,β-unsaturated/α-hetero) is 1. The molecule has 1 amide bonds. The number of nitrogens with zero attached hydrogens (tertiary/aromatic N) is 1. The number of aromatic nitrogens is 1. The maximum atomic E-state index is 12.9. The summed E-state index contributed by atoms with van der Waals surface area (Å²) < 4.78 is 5.36. The molecule has 0 bridgehead atoms. The molecule has 158 valence electrons. The number of carbonyl (C=O) groups is 3. The van der Waals surface area contributed by atoms with E-state index in [0.29, 0.717) is 12.0 Å². The summed E-state index contributed by atoms with van der Waals surface area (Å²) in [6, 6.07) is 16.3. The molecule has 0 saturated carbocycles. The second-order valence-corrected chi connectivity index (χ2v) is 7.78. The molecule has 3 aromatic rings. The number of pyridine rings is 1. The molecule has 4 rings (SSSR count). The number of esters is 1. The molecule has 1 N–H and O–H groups in total. The van der Waals surface area contributed by atoms with Crippen molar-refractivity contribution < 1.29 is 19.1 Å². The smallest absolute Gasteiger partial charge is 0.339 e. The quantitative estimate of drug-likeness (QED) is 0.598. The highest BCUT2D eigenvalue weighted by molar-refractivity contribution is 6.05. The van der Waals surface area contributed by atoms with Crippen LogP contribution in [0.5, 0.6) is 0 Å². The van der Waals surface area contributed by atoms with Gasteiger partial charge in [0.1, 0.15) is 0 Å². The van der Waals surface area contributed by atoms with Gasteiger partial charge in [-0.1, -0.05) is 48.5 Å². The van der Waals surface area contributed by atoms with E-state index in [1.54, 1.807) is 0 Å². The molecule has 6 nitrogen and oxygen atoms in total. The summed E-state index contributed by atoms with van der Waals surface area (Å²) in [5, 5.41) is 3.42. The maximum absolute atomic E-state index is 12.9. The van der Waals surface area contributed by atoms with Crippen LogP contribution < -0.4 is 5.32 Å². The van der Waals surface area contributed by atoms with E-state index >= 15 is 0 Å². The van der Waals surface area contributed by atoms with Crippen LogP contribution in [-0.2, 0) is 33.6 Å². The number of hydrogen-bond acceptors (Lipinski definition) is 5. The van der Waals surface area contributed by atoms with Crippen LogP contribution in [0.2, 0.25) is 0 Å². The number of benzene rings is 2. The molecule has 1 aliphatic carbocycles. The van der Waals surface area contributed by atoms with E-state index in [9.17, 15) is 14.4 Å². The minimum absolute atomic E-state index is 0.151. The maximum Gasteiger partial charge on any atom is 0.339 e. The molecular formula is C25H24N2O4. The normalized spacial score (nSPS) is 13.5. The van der Waals surface area contributed by atoms with Gasteiger partial charge in [0, 0.05) is 11.1 Å². The molecule has 2 aromatic carbocycles. The first-order chi connectivity index (χ1) is 15.0. The molecule has 0 aliphatic heterocycles. The van der Waals surface area contributed by atoms with Crippen molar-refractivity contribution >= 4 is 28.6 Å². The fourth-order valence-electron chi connectivity index (χ4n) is 4.03. The number of rotatable bonds is 7. The molecular weight excluding hydrogens is 392 g/mol. The van der Waals surface area contributed by atoms with Gasteiger partial charge in [-0.3, -0.25) is 14.6 Å². The van der Waals surface area contributed by atoms with Gasteiger partial charge in [-0.15, -0.1) is 0 Å². The molecule has 0 unspecified atom stereocenters. The lowest BCUT2D eigenvalue weighted by Crippen LogP contribution is -2.43. The third kappa shape index (κ3) is 4.63. The Bertz CT molecular complexity index is 1140.